The molecule has 0 aliphatic rings. The van der Waals surface area contributed by atoms with Gasteiger partial charge >= 0.3 is 0 Å². The Labute approximate surface area is 99.3 Å². The number of H-pyrrole nitrogens is 1. The molecule has 0 aliphatic carbocycles. The van der Waals surface area contributed by atoms with Gasteiger partial charge in [0.05, 0.1) is 6.54 Å². The van der Waals surface area contributed by atoms with E-state index in [0.717, 1.165) is 13.0 Å². The van der Waals surface area contributed by atoms with Gasteiger partial charge in [-0.1, -0.05) is 13.0 Å². The predicted molar refractivity (Wildman–Crippen MR) is 66.8 cm³/mol. The number of aromatic nitrogens is 4. The molecule has 86 valence electrons. The first-order valence-corrected chi connectivity index (χ1v) is 5.78. The van der Waals surface area contributed by atoms with Gasteiger partial charge in [0, 0.05) is 17.1 Å². The van der Waals surface area contributed by atoms with Crippen LogP contribution in [0.2, 0.25) is 0 Å². The van der Waals surface area contributed by atoms with Crippen LogP contribution in [-0.4, -0.2) is 19.7 Å². The quantitative estimate of drug-likeness (QED) is 0.745. The second kappa shape index (κ2) is 4.05. The molecule has 4 heteroatoms. The Morgan fingerprint density at radius 3 is 3.06 bits per heavy atom. The number of aromatic amines is 1. The molecule has 17 heavy (non-hydrogen) atoms. The number of aryl methyl sites for hydroxylation is 1. The van der Waals surface area contributed by atoms with Crippen molar-refractivity contribution in [2.24, 2.45) is 0 Å². The summed E-state index contributed by atoms with van der Waals surface area (Å²) in [6, 6.07) is 6.48. The number of benzene rings is 1. The highest BCUT2D eigenvalue weighted by Gasteiger charge is 2.03. The molecule has 2 heterocycles. The lowest BCUT2D eigenvalue weighted by atomic mass is 10.1. The molecular formula is C13H14N4. The number of hydrogen-bond donors (Lipinski definition) is 1. The first-order valence-electron chi connectivity index (χ1n) is 5.78. The van der Waals surface area contributed by atoms with Crippen LogP contribution in [0.15, 0.2) is 37.1 Å². The Kier molecular flexibility index (Phi) is 2.40. The fraction of sp³-hybridized carbons (Fsp3) is 0.231. The molecule has 0 saturated heterocycles. The molecule has 4 nitrogen and oxygen atoms in total. The summed E-state index contributed by atoms with van der Waals surface area (Å²) in [4.78, 5) is 7.24. The van der Waals surface area contributed by atoms with Crippen molar-refractivity contribution in [3.05, 3.63) is 48.2 Å². The largest absolute Gasteiger partial charge is 0.361 e. The van der Waals surface area contributed by atoms with E-state index in [2.05, 4.69) is 46.4 Å². The highest BCUT2D eigenvalue weighted by atomic mass is 15.3. The van der Waals surface area contributed by atoms with Gasteiger partial charge in [-0.2, -0.15) is 5.10 Å². The molecule has 0 unspecified atom stereocenters. The molecule has 3 rings (SSSR count). The Morgan fingerprint density at radius 2 is 2.29 bits per heavy atom. The molecule has 0 amide bonds. The third-order valence-electron chi connectivity index (χ3n) is 3.02. The van der Waals surface area contributed by atoms with Crippen molar-refractivity contribution in [3.8, 4) is 0 Å². The van der Waals surface area contributed by atoms with Gasteiger partial charge in [-0.15, -0.1) is 0 Å². The third-order valence-corrected chi connectivity index (χ3v) is 3.02. The highest BCUT2D eigenvalue weighted by molar-refractivity contribution is 5.83. The second-order valence-corrected chi connectivity index (χ2v) is 4.14. The van der Waals surface area contributed by atoms with Crippen molar-refractivity contribution in [2.45, 2.75) is 19.9 Å². The summed E-state index contributed by atoms with van der Waals surface area (Å²) in [5.41, 5.74) is 3.81. The molecule has 1 N–H and O–H groups in total. The smallest absolute Gasteiger partial charge is 0.137 e. The molecule has 0 radical (unpaired) electrons. The molecule has 0 saturated carbocycles. The van der Waals surface area contributed by atoms with Gasteiger partial charge < -0.3 is 4.98 Å². The van der Waals surface area contributed by atoms with Gasteiger partial charge in [-0.05, 0) is 29.7 Å². The summed E-state index contributed by atoms with van der Waals surface area (Å²) in [5.74, 6) is 0. The lowest BCUT2D eigenvalue weighted by molar-refractivity contribution is 0.685. The highest BCUT2D eigenvalue weighted by Crippen LogP contribution is 2.20. The first kappa shape index (κ1) is 10.1. The van der Waals surface area contributed by atoms with E-state index >= 15 is 0 Å². The van der Waals surface area contributed by atoms with E-state index in [4.69, 9.17) is 0 Å². The SMILES string of the molecule is CCc1c[nH]c2ccc(Cn3cncn3)cc12. The standard InChI is InChI=1S/C13H14N4/c1-2-11-6-15-13-4-3-10(5-12(11)13)7-17-9-14-8-16-17/h3-6,8-9,15H,2,7H2,1H3. The number of fused-ring (bicyclic) bond motifs is 1. The van der Waals surface area contributed by atoms with E-state index in [1.54, 1.807) is 12.7 Å². The fourth-order valence-corrected chi connectivity index (χ4v) is 2.12. The van der Waals surface area contributed by atoms with Crippen molar-refractivity contribution in [1.29, 1.82) is 0 Å². The Balaban J connectivity index is 2.00. The van der Waals surface area contributed by atoms with E-state index in [1.807, 2.05) is 4.68 Å². The normalized spacial score (nSPS) is 11.1. The molecule has 2 aromatic heterocycles. The van der Waals surface area contributed by atoms with Gasteiger partial charge in [0.1, 0.15) is 12.7 Å². The number of rotatable bonds is 3. The average molecular weight is 226 g/mol. The maximum atomic E-state index is 4.12. The lowest BCUT2D eigenvalue weighted by Gasteiger charge is -2.02. The predicted octanol–water partition coefficient (Wildman–Crippen LogP) is 2.37. The van der Waals surface area contributed by atoms with Crippen LogP contribution >= 0.6 is 0 Å². The molecule has 0 fully saturated rings. The van der Waals surface area contributed by atoms with Crippen molar-refractivity contribution >= 4 is 10.9 Å². The van der Waals surface area contributed by atoms with Gasteiger partial charge in [-0.25, -0.2) is 9.67 Å². The minimum atomic E-state index is 0.768. The van der Waals surface area contributed by atoms with E-state index in [0.29, 0.717) is 0 Å². The summed E-state index contributed by atoms with van der Waals surface area (Å²) >= 11 is 0. The van der Waals surface area contributed by atoms with Crippen LogP contribution in [0.5, 0.6) is 0 Å². The minimum absolute atomic E-state index is 0.768. The van der Waals surface area contributed by atoms with Crippen molar-refractivity contribution < 1.29 is 0 Å². The topological polar surface area (TPSA) is 46.5 Å². The zero-order chi connectivity index (χ0) is 11.7. The Morgan fingerprint density at radius 1 is 1.35 bits per heavy atom. The van der Waals surface area contributed by atoms with Crippen LogP contribution < -0.4 is 0 Å². The Hall–Kier alpha value is -2.10. The lowest BCUT2D eigenvalue weighted by Crippen LogP contribution is -1.99. The van der Waals surface area contributed by atoms with Gasteiger partial charge in [0.25, 0.3) is 0 Å². The third kappa shape index (κ3) is 1.82. The van der Waals surface area contributed by atoms with Crippen LogP contribution in [0.1, 0.15) is 18.1 Å². The zero-order valence-corrected chi connectivity index (χ0v) is 9.72. The van der Waals surface area contributed by atoms with E-state index in [1.165, 1.54) is 22.0 Å². The summed E-state index contributed by atoms with van der Waals surface area (Å²) in [6.45, 7) is 2.94. The van der Waals surface area contributed by atoms with Crippen LogP contribution in [0.4, 0.5) is 0 Å². The van der Waals surface area contributed by atoms with Crippen LogP contribution in [0.25, 0.3) is 10.9 Å². The number of hydrogen-bond acceptors (Lipinski definition) is 2. The summed E-state index contributed by atoms with van der Waals surface area (Å²) in [6.07, 6.45) is 6.44. The molecule has 0 bridgehead atoms. The maximum absolute atomic E-state index is 4.12. The molecule has 3 aromatic rings. The fourth-order valence-electron chi connectivity index (χ4n) is 2.12. The van der Waals surface area contributed by atoms with Gasteiger partial charge in [0.15, 0.2) is 0 Å². The molecular weight excluding hydrogens is 212 g/mol. The van der Waals surface area contributed by atoms with Crippen LogP contribution in [0.3, 0.4) is 0 Å². The van der Waals surface area contributed by atoms with E-state index in [-0.39, 0.29) is 0 Å². The van der Waals surface area contributed by atoms with Gasteiger partial charge in [-0.3, -0.25) is 0 Å². The summed E-state index contributed by atoms with van der Waals surface area (Å²) in [5, 5.41) is 5.43. The number of nitrogens with zero attached hydrogens (tertiary/aromatic N) is 3. The monoisotopic (exact) mass is 226 g/mol. The first-order chi connectivity index (χ1) is 8.36. The maximum Gasteiger partial charge on any atom is 0.137 e. The average Bonchev–Trinajstić information content (AvgIpc) is 2.97. The van der Waals surface area contributed by atoms with Crippen molar-refractivity contribution in [3.63, 3.8) is 0 Å². The van der Waals surface area contributed by atoms with Crippen LogP contribution in [0, 0.1) is 0 Å². The molecule has 0 spiro atoms. The number of nitrogens with one attached hydrogen (secondary N) is 1. The zero-order valence-electron chi connectivity index (χ0n) is 9.72. The molecule has 0 atom stereocenters. The Bertz CT molecular complexity index is 622. The van der Waals surface area contributed by atoms with E-state index in [9.17, 15) is 0 Å². The minimum Gasteiger partial charge on any atom is -0.361 e. The van der Waals surface area contributed by atoms with Crippen molar-refractivity contribution in [1.82, 2.24) is 19.7 Å². The van der Waals surface area contributed by atoms with Crippen LogP contribution in [-0.2, 0) is 13.0 Å². The molecule has 1 aromatic carbocycles. The van der Waals surface area contributed by atoms with E-state index < -0.39 is 0 Å². The van der Waals surface area contributed by atoms with Gasteiger partial charge in [0.2, 0.25) is 0 Å². The van der Waals surface area contributed by atoms with Crippen molar-refractivity contribution in [2.75, 3.05) is 0 Å². The summed E-state index contributed by atoms with van der Waals surface area (Å²) < 4.78 is 1.83. The second-order valence-electron chi connectivity index (χ2n) is 4.14. The summed E-state index contributed by atoms with van der Waals surface area (Å²) in [7, 11) is 0. The molecule has 0 aliphatic heterocycles.